The van der Waals surface area contributed by atoms with E-state index in [9.17, 15) is 9.59 Å². The number of amides is 1. The van der Waals surface area contributed by atoms with Crippen molar-refractivity contribution in [3.8, 4) is 0 Å². The molecule has 1 aliphatic carbocycles. The Morgan fingerprint density at radius 1 is 1.25 bits per heavy atom. The van der Waals surface area contributed by atoms with Crippen LogP contribution in [0.15, 0.2) is 47.3 Å². The largest absolute Gasteiger partial charge is 0.399 e. The molecule has 0 fully saturated rings. The van der Waals surface area contributed by atoms with E-state index >= 15 is 0 Å². The Bertz CT molecular complexity index is 1070. The number of nitrogens with two attached hydrogens (primary N) is 1. The highest BCUT2D eigenvalue weighted by atomic mass is 16.1. The number of para-hydroxylation sites is 1. The maximum absolute atomic E-state index is 12.4. The second kappa shape index (κ2) is 7.84. The summed E-state index contributed by atoms with van der Waals surface area (Å²) in [6.07, 6.45) is 4.59. The average Bonchev–Trinajstić information content (AvgIpc) is 2.68. The number of nitrogens with zero attached hydrogens (tertiary/aromatic N) is 1. The average molecular weight is 376 g/mol. The zero-order chi connectivity index (χ0) is 19.5. The van der Waals surface area contributed by atoms with Crippen LogP contribution >= 0.6 is 0 Å². The molecule has 1 atom stereocenters. The number of nitrogen functional groups attached to an aromatic ring is 1. The van der Waals surface area contributed by atoms with Gasteiger partial charge < -0.3 is 16.0 Å². The predicted octanol–water partition coefficient (Wildman–Crippen LogP) is 3.02. The highest BCUT2D eigenvalue weighted by Gasteiger charge is 2.21. The van der Waals surface area contributed by atoms with Gasteiger partial charge in [-0.1, -0.05) is 18.2 Å². The molecule has 1 aromatic heterocycles. The number of benzene rings is 2. The first-order valence-electron chi connectivity index (χ1n) is 9.76. The molecule has 144 valence electrons. The van der Waals surface area contributed by atoms with Crippen molar-refractivity contribution in [3.63, 3.8) is 0 Å². The molecule has 4 rings (SSSR count). The van der Waals surface area contributed by atoms with Gasteiger partial charge in [0.15, 0.2) is 0 Å². The Labute approximate surface area is 163 Å². The molecule has 6 nitrogen and oxygen atoms in total. The lowest BCUT2D eigenvalue weighted by molar-refractivity contribution is -0.122. The first-order chi connectivity index (χ1) is 13.6. The number of carbonyl (C=O) groups is 1. The fourth-order valence-corrected chi connectivity index (χ4v) is 3.92. The van der Waals surface area contributed by atoms with Crippen molar-refractivity contribution in [1.29, 1.82) is 0 Å². The van der Waals surface area contributed by atoms with Crippen molar-refractivity contribution in [2.24, 2.45) is 0 Å². The van der Waals surface area contributed by atoms with Gasteiger partial charge in [0.25, 0.3) is 5.56 Å². The summed E-state index contributed by atoms with van der Waals surface area (Å²) in [5, 5.41) is 3.73. The summed E-state index contributed by atoms with van der Waals surface area (Å²) >= 11 is 0. The molecule has 2 aromatic carbocycles. The molecule has 4 N–H and O–H groups in total. The summed E-state index contributed by atoms with van der Waals surface area (Å²) in [6, 6.07) is 13.2. The molecular weight excluding hydrogens is 352 g/mol. The minimum atomic E-state index is -0.136. The lowest BCUT2D eigenvalue weighted by atomic mass is 9.87. The first-order valence-corrected chi connectivity index (χ1v) is 9.76. The van der Waals surface area contributed by atoms with Crippen molar-refractivity contribution >= 4 is 22.5 Å². The molecule has 28 heavy (non-hydrogen) atoms. The molecule has 0 saturated heterocycles. The number of H-pyrrole nitrogens is 1. The van der Waals surface area contributed by atoms with Gasteiger partial charge in [0.05, 0.1) is 16.9 Å². The summed E-state index contributed by atoms with van der Waals surface area (Å²) in [4.78, 5) is 31.8. The molecule has 0 aliphatic heterocycles. The molecule has 6 heteroatoms. The second-order valence-corrected chi connectivity index (χ2v) is 7.35. The van der Waals surface area contributed by atoms with Crippen LogP contribution in [0, 0.1) is 0 Å². The molecule has 3 aromatic rings. The van der Waals surface area contributed by atoms with Crippen molar-refractivity contribution in [3.05, 3.63) is 69.8 Å². The SMILES string of the molecule is Nc1ccc2c(c1)CCCC2NC(=O)CCCc1nc2ccccc2c(=O)[nH]1. The van der Waals surface area contributed by atoms with Gasteiger partial charge in [0.2, 0.25) is 5.91 Å². The van der Waals surface area contributed by atoms with Gasteiger partial charge in [-0.2, -0.15) is 0 Å². The number of nitrogens with one attached hydrogen (secondary N) is 2. The maximum atomic E-state index is 12.4. The number of fused-ring (bicyclic) bond motifs is 2. The van der Waals surface area contributed by atoms with Gasteiger partial charge in [-0.25, -0.2) is 4.98 Å². The van der Waals surface area contributed by atoms with E-state index in [1.165, 1.54) is 11.1 Å². The van der Waals surface area contributed by atoms with Crippen LogP contribution in [-0.4, -0.2) is 15.9 Å². The number of hydrogen-bond acceptors (Lipinski definition) is 4. The van der Waals surface area contributed by atoms with E-state index in [0.29, 0.717) is 36.0 Å². The quantitative estimate of drug-likeness (QED) is 0.596. The zero-order valence-corrected chi connectivity index (χ0v) is 15.7. The first kappa shape index (κ1) is 18.2. The third kappa shape index (κ3) is 3.91. The maximum Gasteiger partial charge on any atom is 0.258 e. The fourth-order valence-electron chi connectivity index (χ4n) is 3.92. The highest BCUT2D eigenvalue weighted by Crippen LogP contribution is 2.31. The van der Waals surface area contributed by atoms with Gasteiger partial charge in [-0.15, -0.1) is 0 Å². The van der Waals surface area contributed by atoms with Gasteiger partial charge in [-0.05, 0) is 61.1 Å². The summed E-state index contributed by atoms with van der Waals surface area (Å²) in [5.74, 6) is 0.646. The second-order valence-electron chi connectivity index (χ2n) is 7.35. The molecule has 0 radical (unpaired) electrons. The lowest BCUT2D eigenvalue weighted by Gasteiger charge is -2.26. The Kier molecular flexibility index (Phi) is 5.10. The summed E-state index contributed by atoms with van der Waals surface area (Å²) in [7, 11) is 0. The monoisotopic (exact) mass is 376 g/mol. The molecular formula is C22H24N4O2. The molecule has 1 unspecified atom stereocenters. The Hall–Kier alpha value is -3.15. The lowest BCUT2D eigenvalue weighted by Crippen LogP contribution is -2.31. The molecule has 0 saturated carbocycles. The topological polar surface area (TPSA) is 101 Å². The van der Waals surface area contributed by atoms with Gasteiger partial charge in [0, 0.05) is 18.5 Å². The highest BCUT2D eigenvalue weighted by molar-refractivity contribution is 5.77. The third-order valence-corrected chi connectivity index (χ3v) is 5.30. The molecule has 0 bridgehead atoms. The number of rotatable bonds is 5. The van der Waals surface area contributed by atoms with Crippen LogP contribution in [0.3, 0.4) is 0 Å². The van der Waals surface area contributed by atoms with Gasteiger partial charge in [-0.3, -0.25) is 9.59 Å². The van der Waals surface area contributed by atoms with Crippen LogP contribution < -0.4 is 16.6 Å². The number of aromatic nitrogens is 2. The van der Waals surface area contributed by atoms with E-state index in [2.05, 4.69) is 15.3 Å². The normalized spacial score (nSPS) is 15.9. The predicted molar refractivity (Wildman–Crippen MR) is 110 cm³/mol. The number of aryl methyl sites for hydroxylation is 2. The molecule has 1 amide bonds. The Morgan fingerprint density at radius 3 is 3.00 bits per heavy atom. The van der Waals surface area contributed by atoms with Gasteiger partial charge >= 0.3 is 0 Å². The summed E-state index contributed by atoms with van der Waals surface area (Å²) in [5.41, 5.74) is 9.60. The number of hydrogen-bond donors (Lipinski definition) is 3. The fraction of sp³-hybridized carbons (Fsp3) is 0.318. The van der Waals surface area contributed by atoms with Crippen LogP contribution in [0.1, 0.15) is 48.7 Å². The van der Waals surface area contributed by atoms with Crippen LogP contribution in [-0.2, 0) is 17.6 Å². The smallest absolute Gasteiger partial charge is 0.258 e. The number of carbonyl (C=O) groups excluding carboxylic acids is 1. The zero-order valence-electron chi connectivity index (χ0n) is 15.7. The van der Waals surface area contributed by atoms with Crippen molar-refractivity contribution < 1.29 is 4.79 Å². The minimum Gasteiger partial charge on any atom is -0.399 e. The van der Waals surface area contributed by atoms with E-state index in [1.54, 1.807) is 6.07 Å². The van der Waals surface area contributed by atoms with E-state index in [4.69, 9.17) is 5.73 Å². The van der Waals surface area contributed by atoms with Crippen molar-refractivity contribution in [2.45, 2.75) is 44.6 Å². The standard InChI is InChI=1S/C22H24N4O2/c23-15-11-12-16-14(13-15)5-3-8-18(16)25-21(27)10-4-9-20-24-19-7-2-1-6-17(19)22(28)26-20/h1-2,6-7,11-13,18H,3-5,8-10,23H2,(H,25,27)(H,24,26,28). The minimum absolute atomic E-state index is 0.0258. The summed E-state index contributed by atoms with van der Waals surface area (Å²) < 4.78 is 0. The van der Waals surface area contributed by atoms with Crippen LogP contribution in [0.25, 0.3) is 10.9 Å². The molecule has 1 heterocycles. The molecule has 1 aliphatic rings. The van der Waals surface area contributed by atoms with Crippen molar-refractivity contribution in [2.75, 3.05) is 5.73 Å². The number of anilines is 1. The van der Waals surface area contributed by atoms with Crippen LogP contribution in [0.2, 0.25) is 0 Å². The van der Waals surface area contributed by atoms with Crippen molar-refractivity contribution in [1.82, 2.24) is 15.3 Å². The Balaban J connectivity index is 1.35. The van der Waals surface area contributed by atoms with Crippen LogP contribution in [0.5, 0.6) is 0 Å². The van der Waals surface area contributed by atoms with E-state index < -0.39 is 0 Å². The van der Waals surface area contributed by atoms with E-state index in [1.807, 2.05) is 36.4 Å². The third-order valence-electron chi connectivity index (χ3n) is 5.30. The van der Waals surface area contributed by atoms with E-state index in [-0.39, 0.29) is 17.5 Å². The van der Waals surface area contributed by atoms with Gasteiger partial charge in [0.1, 0.15) is 5.82 Å². The molecule has 0 spiro atoms. The van der Waals surface area contributed by atoms with E-state index in [0.717, 1.165) is 24.9 Å². The number of aromatic amines is 1. The Morgan fingerprint density at radius 2 is 2.11 bits per heavy atom. The summed E-state index contributed by atoms with van der Waals surface area (Å²) in [6.45, 7) is 0. The van der Waals surface area contributed by atoms with Crippen LogP contribution in [0.4, 0.5) is 5.69 Å².